The second kappa shape index (κ2) is 6.27. The minimum absolute atomic E-state index is 0.0123. The van der Waals surface area contributed by atoms with E-state index in [0.29, 0.717) is 6.54 Å². The van der Waals surface area contributed by atoms with Crippen molar-refractivity contribution in [2.24, 2.45) is 5.41 Å². The third kappa shape index (κ3) is 3.31. The van der Waals surface area contributed by atoms with E-state index < -0.39 is 0 Å². The molecular formula is C16H24N2O2. The number of ether oxygens (including phenoxy) is 1. The molecule has 0 saturated heterocycles. The molecule has 1 aliphatic rings. The lowest BCUT2D eigenvalue weighted by molar-refractivity contribution is -0.135. The van der Waals surface area contributed by atoms with E-state index in [-0.39, 0.29) is 23.5 Å². The summed E-state index contributed by atoms with van der Waals surface area (Å²) in [4.78, 5) is 12.0. The highest BCUT2D eigenvalue weighted by molar-refractivity contribution is 5.81. The van der Waals surface area contributed by atoms with Gasteiger partial charge in [-0.15, -0.1) is 0 Å². The zero-order valence-corrected chi connectivity index (χ0v) is 12.5. The molecule has 1 aliphatic carbocycles. The summed E-state index contributed by atoms with van der Waals surface area (Å²) in [5.74, 6) is 0.0295. The smallest absolute Gasteiger partial charge is 0.239 e. The van der Waals surface area contributed by atoms with Crippen molar-refractivity contribution < 1.29 is 9.53 Å². The van der Waals surface area contributed by atoms with E-state index in [1.807, 2.05) is 37.3 Å². The van der Waals surface area contributed by atoms with Gasteiger partial charge in [0, 0.05) is 23.8 Å². The lowest BCUT2D eigenvalue weighted by atomic mass is 9.64. The van der Waals surface area contributed by atoms with Crippen LogP contribution in [0.1, 0.15) is 27.2 Å². The summed E-state index contributed by atoms with van der Waals surface area (Å²) in [5, 5.41) is 6.20. The summed E-state index contributed by atoms with van der Waals surface area (Å²) >= 11 is 0. The fourth-order valence-corrected chi connectivity index (χ4v) is 2.60. The average Bonchev–Trinajstić information content (AvgIpc) is 2.45. The molecule has 2 rings (SSSR count). The molecule has 2 N–H and O–H groups in total. The summed E-state index contributed by atoms with van der Waals surface area (Å²) in [6, 6.07) is 9.95. The quantitative estimate of drug-likeness (QED) is 0.839. The molecule has 4 nitrogen and oxygen atoms in total. The van der Waals surface area contributed by atoms with Gasteiger partial charge in [-0.25, -0.2) is 0 Å². The number of nitrogens with one attached hydrogen (secondary N) is 2. The molecule has 0 bridgehead atoms. The summed E-state index contributed by atoms with van der Waals surface area (Å²) < 4.78 is 5.67. The Hall–Kier alpha value is -1.55. The maximum atomic E-state index is 12.0. The highest BCUT2D eigenvalue weighted by Crippen LogP contribution is 2.42. The Balaban J connectivity index is 1.76. The molecule has 20 heavy (non-hydrogen) atoms. The van der Waals surface area contributed by atoms with Crippen molar-refractivity contribution >= 4 is 11.6 Å². The highest BCUT2D eigenvalue weighted by Gasteiger charge is 2.49. The molecule has 0 aliphatic heterocycles. The molecule has 110 valence electrons. The van der Waals surface area contributed by atoms with Gasteiger partial charge >= 0.3 is 0 Å². The van der Waals surface area contributed by atoms with Gasteiger partial charge in [0.15, 0.2) is 0 Å². The van der Waals surface area contributed by atoms with Gasteiger partial charge in [0.05, 0.1) is 12.6 Å². The van der Waals surface area contributed by atoms with E-state index in [9.17, 15) is 4.79 Å². The first-order valence-electron chi connectivity index (χ1n) is 7.24. The zero-order chi connectivity index (χ0) is 14.6. The van der Waals surface area contributed by atoms with Gasteiger partial charge in [-0.05, 0) is 25.5 Å². The van der Waals surface area contributed by atoms with Crippen LogP contribution in [0.25, 0.3) is 0 Å². The molecule has 0 aromatic heterocycles. The van der Waals surface area contributed by atoms with E-state index in [2.05, 4.69) is 24.5 Å². The predicted octanol–water partition coefficient (Wildman–Crippen LogP) is 2.42. The fourth-order valence-electron chi connectivity index (χ4n) is 2.60. The zero-order valence-electron chi connectivity index (χ0n) is 12.5. The summed E-state index contributed by atoms with van der Waals surface area (Å²) in [6.45, 7) is 7.32. The first-order valence-corrected chi connectivity index (χ1v) is 7.24. The van der Waals surface area contributed by atoms with Crippen molar-refractivity contribution in [3.63, 3.8) is 0 Å². The molecule has 1 aromatic rings. The van der Waals surface area contributed by atoms with Crippen LogP contribution in [0.5, 0.6) is 0 Å². The number of para-hydroxylation sites is 1. The van der Waals surface area contributed by atoms with Crippen molar-refractivity contribution in [3.05, 3.63) is 30.3 Å². The largest absolute Gasteiger partial charge is 0.378 e. The van der Waals surface area contributed by atoms with Gasteiger partial charge in [0.1, 0.15) is 0 Å². The Morgan fingerprint density at radius 1 is 1.35 bits per heavy atom. The summed E-state index contributed by atoms with van der Waals surface area (Å²) in [6.07, 6.45) is 1.15. The van der Waals surface area contributed by atoms with Crippen LogP contribution >= 0.6 is 0 Å². The summed E-state index contributed by atoms with van der Waals surface area (Å²) in [5.41, 5.74) is 0.973. The lowest BCUT2D eigenvalue weighted by Gasteiger charge is -2.51. The van der Waals surface area contributed by atoms with E-state index in [1.54, 1.807) is 0 Å². The third-order valence-corrected chi connectivity index (χ3v) is 4.11. The number of carbonyl (C=O) groups is 1. The van der Waals surface area contributed by atoms with Crippen molar-refractivity contribution in [1.82, 2.24) is 5.32 Å². The van der Waals surface area contributed by atoms with Gasteiger partial charge in [0.2, 0.25) is 5.91 Å². The van der Waals surface area contributed by atoms with Gasteiger partial charge in [0.25, 0.3) is 0 Å². The summed E-state index contributed by atoms with van der Waals surface area (Å²) in [7, 11) is 0. The first-order chi connectivity index (χ1) is 9.54. The van der Waals surface area contributed by atoms with E-state index >= 15 is 0 Å². The molecular weight excluding hydrogens is 252 g/mol. The van der Waals surface area contributed by atoms with Crippen LogP contribution in [0.3, 0.4) is 0 Å². The normalized spacial score (nSPS) is 23.8. The number of hydrogen-bond donors (Lipinski definition) is 2. The van der Waals surface area contributed by atoms with Crippen molar-refractivity contribution in [3.8, 4) is 0 Å². The van der Waals surface area contributed by atoms with E-state index in [4.69, 9.17) is 4.74 Å². The molecule has 1 saturated carbocycles. The molecule has 2 unspecified atom stereocenters. The monoisotopic (exact) mass is 276 g/mol. The number of benzene rings is 1. The van der Waals surface area contributed by atoms with Crippen LogP contribution in [0.4, 0.5) is 5.69 Å². The van der Waals surface area contributed by atoms with Crippen LogP contribution in [-0.4, -0.2) is 31.2 Å². The Labute approximate surface area is 120 Å². The van der Waals surface area contributed by atoms with Crippen LogP contribution in [0.2, 0.25) is 0 Å². The molecule has 1 aromatic carbocycles. The van der Waals surface area contributed by atoms with Crippen LogP contribution in [-0.2, 0) is 9.53 Å². The number of amides is 1. The van der Waals surface area contributed by atoms with Gasteiger partial charge in [-0.2, -0.15) is 0 Å². The molecule has 1 fully saturated rings. The van der Waals surface area contributed by atoms with Crippen molar-refractivity contribution in [2.75, 3.05) is 18.5 Å². The Morgan fingerprint density at radius 3 is 2.65 bits per heavy atom. The Bertz CT molecular complexity index is 445. The molecule has 0 spiro atoms. The first kappa shape index (κ1) is 14.9. The van der Waals surface area contributed by atoms with Gasteiger partial charge < -0.3 is 15.4 Å². The van der Waals surface area contributed by atoms with Crippen LogP contribution in [0, 0.1) is 5.41 Å². The number of anilines is 1. The van der Waals surface area contributed by atoms with Crippen LogP contribution < -0.4 is 10.6 Å². The third-order valence-electron chi connectivity index (χ3n) is 4.11. The standard InChI is InChI=1S/C16H24N2O2/c1-4-20-14-10-13(16(14,2)3)18-15(19)11-17-12-8-6-5-7-9-12/h5-9,13-14,17H,4,10-11H2,1-3H3,(H,18,19). The molecule has 0 radical (unpaired) electrons. The molecule has 4 heteroatoms. The van der Waals surface area contributed by atoms with Crippen molar-refractivity contribution in [2.45, 2.75) is 39.3 Å². The lowest BCUT2D eigenvalue weighted by Crippen LogP contribution is -2.62. The molecule has 2 atom stereocenters. The second-order valence-electron chi connectivity index (χ2n) is 5.84. The topological polar surface area (TPSA) is 50.4 Å². The van der Waals surface area contributed by atoms with E-state index in [0.717, 1.165) is 18.7 Å². The fraction of sp³-hybridized carbons (Fsp3) is 0.562. The maximum absolute atomic E-state index is 12.0. The minimum atomic E-state index is 0.0123. The van der Waals surface area contributed by atoms with Gasteiger partial charge in [-0.1, -0.05) is 32.0 Å². The SMILES string of the molecule is CCOC1CC(NC(=O)CNc2ccccc2)C1(C)C. The minimum Gasteiger partial charge on any atom is -0.378 e. The van der Waals surface area contributed by atoms with Gasteiger partial charge in [-0.3, -0.25) is 4.79 Å². The van der Waals surface area contributed by atoms with E-state index in [1.165, 1.54) is 0 Å². The Morgan fingerprint density at radius 2 is 2.05 bits per heavy atom. The molecule has 1 amide bonds. The highest BCUT2D eigenvalue weighted by atomic mass is 16.5. The molecule has 0 heterocycles. The number of carbonyl (C=O) groups excluding carboxylic acids is 1. The average molecular weight is 276 g/mol. The van der Waals surface area contributed by atoms with Crippen molar-refractivity contribution in [1.29, 1.82) is 0 Å². The predicted molar refractivity (Wildman–Crippen MR) is 80.7 cm³/mol. The Kier molecular flexibility index (Phi) is 4.65. The van der Waals surface area contributed by atoms with Crippen LogP contribution in [0.15, 0.2) is 30.3 Å². The number of hydrogen-bond acceptors (Lipinski definition) is 3. The second-order valence-corrected chi connectivity index (χ2v) is 5.84. The maximum Gasteiger partial charge on any atom is 0.239 e. The number of rotatable bonds is 6.